The van der Waals surface area contributed by atoms with E-state index >= 15 is 0 Å². The summed E-state index contributed by atoms with van der Waals surface area (Å²) >= 11 is 0. The monoisotopic (exact) mass is 570 g/mol. The lowest BCUT2D eigenvalue weighted by Crippen LogP contribution is -2.38. The number of hydrogen-bond acceptors (Lipinski definition) is 11. The number of hydrazine groups is 1. The van der Waals surface area contributed by atoms with Crippen molar-refractivity contribution in [3.63, 3.8) is 0 Å². The molecule has 14 nitrogen and oxygen atoms in total. The van der Waals surface area contributed by atoms with E-state index in [4.69, 9.17) is 44.1 Å². The predicted molar refractivity (Wildman–Crippen MR) is 140 cm³/mol. The smallest absolute Gasteiger partial charge is 0.327 e. The van der Waals surface area contributed by atoms with Gasteiger partial charge < -0.3 is 54.3 Å². The van der Waals surface area contributed by atoms with Gasteiger partial charge >= 0.3 is 7.60 Å². The van der Waals surface area contributed by atoms with E-state index in [9.17, 15) is 9.36 Å². The zero-order valence-corrected chi connectivity index (χ0v) is 23.4. The number of carbonyl (C=O) groups excluding carboxylic acids is 1. The Bertz CT molecular complexity index is 695. The highest BCUT2D eigenvalue weighted by Crippen LogP contribution is 2.33. The van der Waals surface area contributed by atoms with Crippen molar-refractivity contribution in [1.29, 1.82) is 0 Å². The summed E-state index contributed by atoms with van der Waals surface area (Å²) in [6.07, 6.45) is 4.25. The molecule has 1 aliphatic carbocycles. The third-order valence-electron chi connectivity index (χ3n) is 5.49. The maximum atomic E-state index is 11.6. The van der Waals surface area contributed by atoms with Gasteiger partial charge in [-0.15, -0.1) is 0 Å². The first-order valence-electron chi connectivity index (χ1n) is 13.1. The van der Waals surface area contributed by atoms with Crippen LogP contribution in [0.1, 0.15) is 32.1 Å². The van der Waals surface area contributed by atoms with Crippen LogP contribution in [0.25, 0.3) is 0 Å². The quantitative estimate of drug-likeness (QED) is 0.0403. The summed E-state index contributed by atoms with van der Waals surface area (Å²) in [5.41, 5.74) is 4.55. The average Bonchev–Trinajstić information content (AvgIpc) is 2.87. The number of nitrogens with two attached hydrogens (primary N) is 1. The Morgan fingerprint density at radius 1 is 0.895 bits per heavy atom. The van der Waals surface area contributed by atoms with E-state index < -0.39 is 7.60 Å². The van der Waals surface area contributed by atoms with Crippen LogP contribution >= 0.6 is 7.60 Å². The second-order valence-electron chi connectivity index (χ2n) is 8.49. The summed E-state index contributed by atoms with van der Waals surface area (Å²) in [6.45, 7) is 4.34. The van der Waals surface area contributed by atoms with Gasteiger partial charge in [0.15, 0.2) is 0 Å². The number of carbonyl (C=O) groups is 1. The van der Waals surface area contributed by atoms with Crippen molar-refractivity contribution < 1.29 is 47.6 Å². The van der Waals surface area contributed by atoms with E-state index in [0.29, 0.717) is 59.4 Å². The van der Waals surface area contributed by atoms with Crippen molar-refractivity contribution in [2.75, 3.05) is 92.4 Å². The summed E-state index contributed by atoms with van der Waals surface area (Å²) < 4.78 is 43.4. The lowest BCUT2D eigenvalue weighted by Gasteiger charge is -2.26. The second kappa shape index (κ2) is 22.5. The van der Waals surface area contributed by atoms with Crippen molar-refractivity contribution in [2.24, 2.45) is 5.84 Å². The number of nitrogens with one attached hydrogen (secondary N) is 3. The zero-order valence-electron chi connectivity index (χ0n) is 22.5. The van der Waals surface area contributed by atoms with Crippen molar-refractivity contribution >= 4 is 13.5 Å². The number of hydrogen-bond donors (Lipinski definition) is 6. The van der Waals surface area contributed by atoms with Crippen LogP contribution in [-0.4, -0.2) is 114 Å². The third-order valence-corrected chi connectivity index (χ3v) is 6.26. The van der Waals surface area contributed by atoms with Crippen molar-refractivity contribution in [3.05, 3.63) is 11.4 Å². The van der Waals surface area contributed by atoms with Gasteiger partial charge in [0.1, 0.15) is 12.7 Å². The lowest BCUT2D eigenvalue weighted by molar-refractivity contribution is -0.126. The fourth-order valence-electron chi connectivity index (χ4n) is 3.50. The van der Waals surface area contributed by atoms with Crippen molar-refractivity contribution in [3.8, 4) is 0 Å². The molecule has 1 atom stereocenters. The molecule has 1 unspecified atom stereocenters. The Labute approximate surface area is 225 Å². The van der Waals surface area contributed by atoms with Crippen LogP contribution in [0.5, 0.6) is 0 Å². The molecule has 0 bridgehead atoms. The first-order chi connectivity index (χ1) is 18.4. The predicted octanol–water partition coefficient (Wildman–Crippen LogP) is -0.393. The first kappa shape index (κ1) is 34.7. The molecule has 0 saturated heterocycles. The topological polar surface area (TPSA) is 192 Å². The Morgan fingerprint density at radius 2 is 1.45 bits per heavy atom. The average molecular weight is 571 g/mol. The molecule has 15 heteroatoms. The molecule has 38 heavy (non-hydrogen) atoms. The molecule has 224 valence electrons. The summed E-state index contributed by atoms with van der Waals surface area (Å²) in [5, 5.41) is 5.96. The fourth-order valence-corrected chi connectivity index (χ4v) is 3.87. The molecule has 0 fully saturated rings. The maximum absolute atomic E-state index is 11.6. The van der Waals surface area contributed by atoms with Gasteiger partial charge in [0.2, 0.25) is 5.91 Å². The highest BCUT2D eigenvalue weighted by molar-refractivity contribution is 7.51. The molecule has 1 amide bonds. The van der Waals surface area contributed by atoms with E-state index in [2.05, 4.69) is 16.1 Å². The molecule has 1 rings (SSSR count). The summed E-state index contributed by atoms with van der Waals surface area (Å²) in [6, 6.07) is 0. The van der Waals surface area contributed by atoms with Crippen LogP contribution in [0, 0.1) is 0 Å². The van der Waals surface area contributed by atoms with E-state index in [0.717, 1.165) is 43.5 Å². The number of ether oxygens (including phenoxy) is 6. The molecule has 0 aliphatic heterocycles. The Kier molecular flexibility index (Phi) is 20.5. The highest BCUT2D eigenvalue weighted by atomic mass is 31.2. The largest absolute Gasteiger partial charge is 0.385 e. The van der Waals surface area contributed by atoms with E-state index in [1.54, 1.807) is 7.05 Å². The fraction of sp³-hybridized carbons (Fsp3) is 0.870. The second-order valence-corrected chi connectivity index (χ2v) is 10.3. The Balaban J connectivity index is 2.04. The molecular formula is C23H47N4O10P. The Hall–Kier alpha value is -1.32. The van der Waals surface area contributed by atoms with Gasteiger partial charge in [0.05, 0.1) is 77.9 Å². The van der Waals surface area contributed by atoms with Crippen molar-refractivity contribution in [2.45, 2.75) is 38.2 Å². The number of amides is 1. The normalized spacial score (nSPS) is 18.6. The van der Waals surface area contributed by atoms with E-state index in [1.165, 1.54) is 0 Å². The van der Waals surface area contributed by atoms with Gasteiger partial charge in [-0.05, 0) is 19.3 Å². The van der Waals surface area contributed by atoms with E-state index in [-0.39, 0.29) is 38.0 Å². The maximum Gasteiger partial charge on any atom is 0.327 e. The van der Waals surface area contributed by atoms with Crippen LogP contribution in [-0.2, 0) is 37.8 Å². The van der Waals surface area contributed by atoms with Crippen LogP contribution in [0.4, 0.5) is 0 Å². The SMILES string of the molecule is CNC(=O)COC1CCCCC/C(NCCOCCOCCOCCOCCOCCP(=O)(O)O)=C\1NN. The molecule has 0 heterocycles. The molecule has 0 radical (unpaired) electrons. The minimum absolute atomic E-state index is 0.00380. The first-order valence-corrected chi connectivity index (χ1v) is 14.9. The molecule has 0 saturated carbocycles. The van der Waals surface area contributed by atoms with Crippen LogP contribution in [0.2, 0.25) is 0 Å². The molecule has 7 N–H and O–H groups in total. The standard InChI is InChI=1S/C23H47N4O10P/c1-25-22(28)19-37-21-6-4-2-3-5-20(23(21)27-24)26-7-8-32-9-10-33-11-12-34-13-14-35-15-16-36-17-18-38(29,30)31/h21,26-27H,2-19,24H2,1H3,(H,25,28)(H2,29,30,31)/b23-20-. The van der Waals surface area contributed by atoms with Gasteiger partial charge in [0, 0.05) is 19.3 Å². The molecular weight excluding hydrogens is 523 g/mol. The van der Waals surface area contributed by atoms with Crippen LogP contribution < -0.4 is 21.9 Å². The summed E-state index contributed by atoms with van der Waals surface area (Å²) in [7, 11) is -2.42. The van der Waals surface area contributed by atoms with Gasteiger partial charge in [-0.3, -0.25) is 15.2 Å². The molecule has 0 aromatic rings. The van der Waals surface area contributed by atoms with Crippen LogP contribution in [0.15, 0.2) is 11.4 Å². The number of likely N-dealkylation sites (N-methyl/N-ethyl adjacent to an activating group) is 1. The van der Waals surface area contributed by atoms with Gasteiger partial charge in [-0.1, -0.05) is 12.8 Å². The lowest BCUT2D eigenvalue weighted by atomic mass is 9.99. The minimum atomic E-state index is -4.00. The zero-order chi connectivity index (χ0) is 27.9. The summed E-state index contributed by atoms with van der Waals surface area (Å²) in [5.74, 6) is 5.63. The third kappa shape index (κ3) is 18.9. The molecule has 0 aromatic heterocycles. The number of allylic oxidation sites excluding steroid dienone is 1. The molecule has 1 aliphatic rings. The molecule has 0 spiro atoms. The number of rotatable bonds is 23. The molecule has 0 aromatic carbocycles. The van der Waals surface area contributed by atoms with Gasteiger partial charge in [-0.25, -0.2) is 0 Å². The summed E-state index contributed by atoms with van der Waals surface area (Å²) in [4.78, 5) is 29.0. The van der Waals surface area contributed by atoms with Crippen LogP contribution in [0.3, 0.4) is 0 Å². The Morgan fingerprint density at radius 3 is 1.97 bits per heavy atom. The van der Waals surface area contributed by atoms with Crippen molar-refractivity contribution in [1.82, 2.24) is 16.1 Å². The highest BCUT2D eigenvalue weighted by Gasteiger charge is 2.21. The van der Waals surface area contributed by atoms with Gasteiger partial charge in [-0.2, -0.15) is 0 Å². The van der Waals surface area contributed by atoms with Gasteiger partial charge in [0.25, 0.3) is 0 Å². The minimum Gasteiger partial charge on any atom is -0.385 e. The van der Waals surface area contributed by atoms with E-state index in [1.807, 2.05) is 0 Å².